The van der Waals surface area contributed by atoms with Crippen LogP contribution in [0.3, 0.4) is 0 Å². The molecule has 0 aliphatic carbocycles. The normalized spacial score (nSPS) is 17.4. The maximum atomic E-state index is 13.2. The highest BCUT2D eigenvalue weighted by Gasteiger charge is 2.27. The SMILES string of the molecule is CC(C)Cc1nnc(CC2CCN(C(=O)Cc3cccc(F)c3)C2)o1. The third kappa shape index (κ3) is 4.87. The van der Waals surface area contributed by atoms with Crippen molar-refractivity contribution in [3.8, 4) is 0 Å². The van der Waals surface area contributed by atoms with E-state index in [1.54, 1.807) is 12.1 Å². The summed E-state index contributed by atoms with van der Waals surface area (Å²) in [5.74, 6) is 1.89. The number of rotatable bonds is 6. The lowest BCUT2D eigenvalue weighted by Crippen LogP contribution is -2.30. The van der Waals surface area contributed by atoms with Crippen molar-refractivity contribution in [3.63, 3.8) is 0 Å². The minimum atomic E-state index is -0.307. The second-order valence-corrected chi connectivity index (χ2v) is 7.19. The first-order chi connectivity index (χ1) is 12.0. The molecule has 0 saturated carbocycles. The highest BCUT2D eigenvalue weighted by atomic mass is 19.1. The minimum Gasteiger partial charge on any atom is -0.425 e. The summed E-state index contributed by atoms with van der Waals surface area (Å²) in [5.41, 5.74) is 0.712. The van der Waals surface area contributed by atoms with E-state index in [-0.39, 0.29) is 18.1 Å². The Bertz CT molecular complexity index is 729. The van der Waals surface area contributed by atoms with Gasteiger partial charge in [0.2, 0.25) is 17.7 Å². The van der Waals surface area contributed by atoms with E-state index in [9.17, 15) is 9.18 Å². The van der Waals surface area contributed by atoms with E-state index in [0.717, 1.165) is 19.4 Å². The second kappa shape index (κ2) is 7.76. The summed E-state index contributed by atoms with van der Waals surface area (Å²) in [4.78, 5) is 14.2. The molecule has 1 aliphatic heterocycles. The zero-order valence-electron chi connectivity index (χ0n) is 14.7. The van der Waals surface area contributed by atoms with E-state index < -0.39 is 0 Å². The third-order valence-corrected chi connectivity index (χ3v) is 4.44. The number of benzene rings is 1. The minimum absolute atomic E-state index is 0.0409. The molecule has 134 valence electrons. The average molecular weight is 345 g/mol. The molecule has 1 aliphatic rings. The summed E-state index contributed by atoms with van der Waals surface area (Å²) >= 11 is 0. The van der Waals surface area contributed by atoms with Gasteiger partial charge in [0.25, 0.3) is 0 Å². The number of likely N-dealkylation sites (tertiary alicyclic amines) is 1. The molecule has 1 saturated heterocycles. The molecule has 1 aromatic carbocycles. The molecule has 25 heavy (non-hydrogen) atoms. The molecule has 3 rings (SSSR count). The molecule has 6 heteroatoms. The van der Waals surface area contributed by atoms with Gasteiger partial charge in [-0.25, -0.2) is 4.39 Å². The lowest BCUT2D eigenvalue weighted by Gasteiger charge is -2.16. The first-order valence-electron chi connectivity index (χ1n) is 8.83. The van der Waals surface area contributed by atoms with Gasteiger partial charge in [-0.2, -0.15) is 0 Å². The highest BCUT2D eigenvalue weighted by Crippen LogP contribution is 2.22. The summed E-state index contributed by atoms with van der Waals surface area (Å²) in [5, 5.41) is 8.20. The van der Waals surface area contributed by atoms with Gasteiger partial charge in [0.1, 0.15) is 5.82 Å². The molecular formula is C19H24FN3O2. The molecule has 0 spiro atoms. The molecule has 1 amide bonds. The second-order valence-electron chi connectivity index (χ2n) is 7.19. The number of halogens is 1. The Morgan fingerprint density at radius 1 is 1.36 bits per heavy atom. The van der Waals surface area contributed by atoms with Crippen LogP contribution in [0.25, 0.3) is 0 Å². The van der Waals surface area contributed by atoms with Crippen LogP contribution < -0.4 is 0 Å². The molecule has 1 atom stereocenters. The Kier molecular flexibility index (Phi) is 5.46. The van der Waals surface area contributed by atoms with Crippen molar-refractivity contribution in [3.05, 3.63) is 47.4 Å². The quantitative estimate of drug-likeness (QED) is 0.807. The van der Waals surface area contributed by atoms with Crippen LogP contribution in [-0.4, -0.2) is 34.1 Å². The third-order valence-electron chi connectivity index (χ3n) is 4.44. The van der Waals surface area contributed by atoms with Crippen molar-refractivity contribution in [1.29, 1.82) is 0 Å². The predicted octanol–water partition coefficient (Wildman–Crippen LogP) is 3.04. The fourth-order valence-corrected chi connectivity index (χ4v) is 3.21. The maximum absolute atomic E-state index is 13.2. The van der Waals surface area contributed by atoms with E-state index in [1.807, 2.05) is 4.90 Å². The molecule has 5 nitrogen and oxygen atoms in total. The van der Waals surface area contributed by atoms with Crippen LogP contribution in [0.2, 0.25) is 0 Å². The summed E-state index contributed by atoms with van der Waals surface area (Å²) in [6.07, 6.45) is 2.66. The van der Waals surface area contributed by atoms with Crippen LogP contribution in [-0.2, 0) is 24.1 Å². The lowest BCUT2D eigenvalue weighted by atomic mass is 10.1. The van der Waals surface area contributed by atoms with Gasteiger partial charge < -0.3 is 9.32 Å². The summed E-state index contributed by atoms with van der Waals surface area (Å²) in [6.45, 7) is 5.65. The number of hydrogen-bond donors (Lipinski definition) is 0. The average Bonchev–Trinajstić information content (AvgIpc) is 3.17. The number of hydrogen-bond acceptors (Lipinski definition) is 4. The van der Waals surface area contributed by atoms with E-state index in [1.165, 1.54) is 12.1 Å². The van der Waals surface area contributed by atoms with Gasteiger partial charge in [0.05, 0.1) is 6.42 Å². The van der Waals surface area contributed by atoms with Crippen LogP contribution >= 0.6 is 0 Å². The molecule has 0 bridgehead atoms. The van der Waals surface area contributed by atoms with E-state index in [2.05, 4.69) is 24.0 Å². The molecule has 0 radical (unpaired) electrons. The van der Waals surface area contributed by atoms with Gasteiger partial charge in [-0.1, -0.05) is 26.0 Å². The fourth-order valence-electron chi connectivity index (χ4n) is 3.21. The van der Waals surface area contributed by atoms with Crippen LogP contribution in [0, 0.1) is 17.7 Å². The maximum Gasteiger partial charge on any atom is 0.227 e. The van der Waals surface area contributed by atoms with Gasteiger partial charge >= 0.3 is 0 Å². The van der Waals surface area contributed by atoms with Crippen molar-refractivity contribution < 1.29 is 13.6 Å². The van der Waals surface area contributed by atoms with Crippen molar-refractivity contribution in [2.24, 2.45) is 11.8 Å². The van der Waals surface area contributed by atoms with Crippen molar-refractivity contribution in [1.82, 2.24) is 15.1 Å². The van der Waals surface area contributed by atoms with Crippen LogP contribution in [0.1, 0.15) is 37.6 Å². The standard InChI is InChI=1S/C19H24FN3O2/c1-13(2)8-17-21-22-18(25-17)10-15-6-7-23(12-15)19(24)11-14-4-3-5-16(20)9-14/h3-5,9,13,15H,6-8,10-12H2,1-2H3. The molecule has 0 N–H and O–H groups in total. The van der Waals surface area contributed by atoms with Gasteiger partial charge in [-0.15, -0.1) is 10.2 Å². The first kappa shape index (κ1) is 17.6. The molecule has 1 fully saturated rings. The molecule has 1 unspecified atom stereocenters. The summed E-state index contributed by atoms with van der Waals surface area (Å²) in [7, 11) is 0. The largest absolute Gasteiger partial charge is 0.425 e. The van der Waals surface area contributed by atoms with Crippen molar-refractivity contribution >= 4 is 5.91 Å². The van der Waals surface area contributed by atoms with Gasteiger partial charge in [-0.05, 0) is 36.0 Å². The van der Waals surface area contributed by atoms with Gasteiger partial charge in [0.15, 0.2) is 0 Å². The Morgan fingerprint density at radius 3 is 2.92 bits per heavy atom. The van der Waals surface area contributed by atoms with Crippen LogP contribution in [0.15, 0.2) is 28.7 Å². The zero-order valence-corrected chi connectivity index (χ0v) is 14.7. The number of aromatic nitrogens is 2. The van der Waals surface area contributed by atoms with Crippen LogP contribution in [0.4, 0.5) is 4.39 Å². The highest BCUT2D eigenvalue weighted by molar-refractivity contribution is 5.79. The van der Waals surface area contributed by atoms with Gasteiger partial charge in [-0.3, -0.25) is 4.79 Å². The smallest absolute Gasteiger partial charge is 0.227 e. The van der Waals surface area contributed by atoms with E-state index in [0.29, 0.717) is 42.1 Å². The Hall–Kier alpha value is -2.24. The zero-order chi connectivity index (χ0) is 17.8. The Morgan fingerprint density at radius 2 is 2.16 bits per heavy atom. The van der Waals surface area contributed by atoms with Crippen molar-refractivity contribution in [2.45, 2.75) is 39.5 Å². The number of nitrogens with zero attached hydrogens (tertiary/aromatic N) is 3. The first-order valence-corrected chi connectivity index (χ1v) is 8.83. The van der Waals surface area contributed by atoms with Crippen molar-refractivity contribution in [2.75, 3.05) is 13.1 Å². The van der Waals surface area contributed by atoms with E-state index in [4.69, 9.17) is 4.42 Å². The summed E-state index contributed by atoms with van der Waals surface area (Å²) in [6, 6.07) is 6.22. The van der Waals surface area contributed by atoms with Gasteiger partial charge in [0, 0.05) is 25.9 Å². The number of carbonyl (C=O) groups excluding carboxylic acids is 1. The lowest BCUT2D eigenvalue weighted by molar-refractivity contribution is -0.129. The number of amides is 1. The van der Waals surface area contributed by atoms with E-state index >= 15 is 0 Å². The Balaban J connectivity index is 1.51. The predicted molar refractivity (Wildman–Crippen MR) is 91.3 cm³/mol. The number of carbonyl (C=O) groups is 1. The van der Waals surface area contributed by atoms with Crippen LogP contribution in [0.5, 0.6) is 0 Å². The molecule has 2 heterocycles. The summed E-state index contributed by atoms with van der Waals surface area (Å²) < 4.78 is 18.9. The molecule has 2 aromatic rings. The molecule has 1 aromatic heterocycles. The molecular weight excluding hydrogens is 321 g/mol. The fraction of sp³-hybridized carbons (Fsp3) is 0.526. The monoisotopic (exact) mass is 345 g/mol. The topological polar surface area (TPSA) is 59.2 Å². The Labute approximate surface area is 147 Å².